The van der Waals surface area contributed by atoms with E-state index in [9.17, 15) is 9.90 Å². The minimum absolute atomic E-state index is 0.0103. The molecule has 0 unspecified atom stereocenters. The fourth-order valence-corrected chi connectivity index (χ4v) is 4.46. The monoisotopic (exact) mass is 455 g/mol. The molecule has 7 heteroatoms. The first-order valence-corrected chi connectivity index (χ1v) is 11.8. The van der Waals surface area contributed by atoms with E-state index in [-0.39, 0.29) is 6.61 Å². The molecule has 3 N–H and O–H groups in total. The average Bonchev–Trinajstić information content (AvgIpc) is 2.83. The van der Waals surface area contributed by atoms with E-state index in [4.69, 9.17) is 15.2 Å². The Bertz CT molecular complexity index is 937. The van der Waals surface area contributed by atoms with Crippen LogP contribution in [0.15, 0.2) is 59.3 Å². The quantitative estimate of drug-likeness (QED) is 0.592. The molecule has 3 rings (SSSR count). The Morgan fingerprint density at radius 1 is 1.24 bits per heavy atom. The maximum absolute atomic E-state index is 12.5. The number of carbonyl (C=O) groups is 1. The van der Waals surface area contributed by atoms with Crippen molar-refractivity contribution in [1.82, 2.24) is 4.90 Å². The van der Waals surface area contributed by atoms with Gasteiger partial charge in [0.1, 0.15) is 0 Å². The third-order valence-corrected chi connectivity index (χ3v) is 6.47. The summed E-state index contributed by atoms with van der Waals surface area (Å²) in [6.45, 7) is 7.92. The number of rotatable bonds is 9. The van der Waals surface area contributed by atoms with Gasteiger partial charge in [-0.05, 0) is 50.8 Å². The third-order valence-electron chi connectivity index (χ3n) is 6.47. The molecule has 1 aromatic carbocycles. The number of amides is 1. The molecular weight excluding hydrogens is 418 g/mol. The molecule has 0 aliphatic carbocycles. The number of hydrogen-bond donors (Lipinski definition) is 2. The van der Waals surface area contributed by atoms with Crippen molar-refractivity contribution in [3.8, 4) is 0 Å². The molecule has 0 radical (unpaired) electrons. The number of para-hydroxylation sites is 1. The van der Waals surface area contributed by atoms with Crippen molar-refractivity contribution < 1.29 is 19.4 Å². The number of aliphatic hydroxyl groups is 1. The number of carbonyl (C=O) groups excluding carboxylic acids is 1. The van der Waals surface area contributed by atoms with Crippen LogP contribution in [0.3, 0.4) is 0 Å². The average molecular weight is 456 g/mol. The van der Waals surface area contributed by atoms with Gasteiger partial charge in [-0.3, -0.25) is 9.69 Å². The first-order valence-electron chi connectivity index (χ1n) is 11.8. The van der Waals surface area contributed by atoms with Gasteiger partial charge in [-0.1, -0.05) is 37.6 Å². The lowest BCUT2D eigenvalue weighted by Crippen LogP contribution is -2.50. The number of unbranched alkanes of at least 4 members (excludes halogenated alkanes) is 1. The lowest BCUT2D eigenvalue weighted by atomic mass is 9.91. The van der Waals surface area contributed by atoms with E-state index in [0.717, 1.165) is 35.6 Å². The fourth-order valence-electron chi connectivity index (χ4n) is 4.46. The smallest absolute Gasteiger partial charge is 0.250 e. The highest BCUT2D eigenvalue weighted by atomic mass is 16.5. The number of nitrogens with zero attached hydrogens (tertiary/aromatic N) is 2. The fraction of sp³-hybridized carbons (Fsp3) is 0.500. The van der Waals surface area contributed by atoms with E-state index in [1.807, 2.05) is 19.1 Å². The van der Waals surface area contributed by atoms with Gasteiger partial charge >= 0.3 is 0 Å². The summed E-state index contributed by atoms with van der Waals surface area (Å²) in [7, 11) is 1.66. The van der Waals surface area contributed by atoms with Crippen LogP contribution in [0, 0.1) is 6.92 Å². The second kappa shape index (κ2) is 10.9. The Labute approximate surface area is 197 Å². The summed E-state index contributed by atoms with van der Waals surface area (Å²) in [6, 6.07) is 8.12. The number of hydrogen-bond acceptors (Lipinski definition) is 6. The molecule has 0 bridgehead atoms. The summed E-state index contributed by atoms with van der Waals surface area (Å²) in [6.07, 6.45) is 7.00. The van der Waals surface area contributed by atoms with Crippen LogP contribution in [0.25, 0.3) is 0 Å². The molecule has 33 heavy (non-hydrogen) atoms. The Hall–Kier alpha value is -2.77. The van der Waals surface area contributed by atoms with Crippen molar-refractivity contribution in [3.05, 3.63) is 64.8 Å². The molecule has 2 aliphatic rings. The predicted octanol–water partition coefficient (Wildman–Crippen LogP) is 3.59. The number of aliphatic hydroxyl groups excluding tert-OH is 1. The Morgan fingerprint density at radius 2 is 1.94 bits per heavy atom. The number of ether oxygens (including phenoxy) is 2. The maximum Gasteiger partial charge on any atom is 0.250 e. The molecule has 1 fully saturated rings. The van der Waals surface area contributed by atoms with E-state index in [1.165, 1.54) is 0 Å². The largest absolute Gasteiger partial charge is 0.490 e. The van der Waals surface area contributed by atoms with E-state index in [2.05, 4.69) is 41.9 Å². The Balaban J connectivity index is 2.20. The number of allylic oxidation sites excluding steroid dienone is 2. The Morgan fingerprint density at radius 3 is 2.48 bits per heavy atom. The zero-order valence-corrected chi connectivity index (χ0v) is 20.3. The van der Waals surface area contributed by atoms with Crippen LogP contribution in [-0.4, -0.2) is 54.9 Å². The van der Waals surface area contributed by atoms with Crippen LogP contribution in [0.5, 0.6) is 0 Å². The van der Waals surface area contributed by atoms with Gasteiger partial charge < -0.3 is 25.2 Å². The minimum Gasteiger partial charge on any atom is -0.490 e. The summed E-state index contributed by atoms with van der Waals surface area (Å²) < 4.78 is 11.8. The summed E-state index contributed by atoms with van der Waals surface area (Å²) in [4.78, 5) is 16.9. The summed E-state index contributed by atoms with van der Waals surface area (Å²) >= 11 is 0. The van der Waals surface area contributed by atoms with Crippen molar-refractivity contribution >= 4 is 11.6 Å². The van der Waals surface area contributed by atoms with E-state index < -0.39 is 11.5 Å². The van der Waals surface area contributed by atoms with E-state index in [0.29, 0.717) is 43.9 Å². The summed E-state index contributed by atoms with van der Waals surface area (Å²) in [5.74, 6) is 1.03. The lowest BCUT2D eigenvalue weighted by Gasteiger charge is -2.46. The third kappa shape index (κ3) is 5.09. The zero-order valence-electron chi connectivity index (χ0n) is 20.3. The first kappa shape index (κ1) is 24.9. The number of primary amides is 1. The number of piperidine rings is 1. The van der Waals surface area contributed by atoms with Crippen molar-refractivity contribution in [2.24, 2.45) is 5.73 Å². The molecule has 1 saturated heterocycles. The number of benzene rings is 1. The molecule has 0 aromatic heterocycles. The van der Waals surface area contributed by atoms with Gasteiger partial charge in [-0.2, -0.15) is 0 Å². The van der Waals surface area contributed by atoms with Crippen molar-refractivity contribution in [3.63, 3.8) is 0 Å². The molecular formula is C26H37N3O4. The zero-order chi connectivity index (χ0) is 24.0. The van der Waals surface area contributed by atoms with Crippen molar-refractivity contribution in [2.45, 2.75) is 52.1 Å². The van der Waals surface area contributed by atoms with E-state index >= 15 is 0 Å². The Kier molecular flexibility index (Phi) is 8.21. The second-order valence-electron chi connectivity index (χ2n) is 8.58. The highest BCUT2D eigenvalue weighted by Gasteiger charge is 2.39. The van der Waals surface area contributed by atoms with Gasteiger partial charge in [-0.15, -0.1) is 0 Å². The number of likely N-dealkylation sites (tertiary alicyclic amines) is 1. The van der Waals surface area contributed by atoms with Gasteiger partial charge in [0.15, 0.2) is 11.6 Å². The minimum atomic E-state index is -0.528. The van der Waals surface area contributed by atoms with Crippen LogP contribution in [0.4, 0.5) is 5.69 Å². The molecule has 0 saturated carbocycles. The maximum atomic E-state index is 12.5. The summed E-state index contributed by atoms with van der Waals surface area (Å²) in [5.41, 5.74) is 8.60. The molecule has 180 valence electrons. The molecule has 2 heterocycles. The van der Waals surface area contributed by atoms with Crippen LogP contribution < -0.4 is 10.6 Å². The number of nitrogens with two attached hydrogens (primary N) is 1. The van der Waals surface area contributed by atoms with Crippen LogP contribution in [0.2, 0.25) is 0 Å². The number of anilines is 1. The normalized spacial score (nSPS) is 19.7. The van der Waals surface area contributed by atoms with Crippen LogP contribution in [-0.2, 0) is 14.3 Å². The molecule has 1 amide bonds. The highest BCUT2D eigenvalue weighted by Crippen LogP contribution is 2.40. The van der Waals surface area contributed by atoms with Crippen LogP contribution in [0.1, 0.15) is 45.1 Å². The molecule has 1 aromatic rings. The topological polar surface area (TPSA) is 88.3 Å². The van der Waals surface area contributed by atoms with Gasteiger partial charge in [0, 0.05) is 20.2 Å². The van der Waals surface area contributed by atoms with Gasteiger partial charge in [0.05, 0.1) is 35.8 Å². The van der Waals surface area contributed by atoms with Gasteiger partial charge in [0.25, 0.3) is 5.91 Å². The van der Waals surface area contributed by atoms with E-state index in [1.54, 1.807) is 13.2 Å². The molecule has 2 aliphatic heterocycles. The summed E-state index contributed by atoms with van der Waals surface area (Å²) in [5, 5.41) is 9.92. The molecule has 7 nitrogen and oxygen atoms in total. The number of methoxy groups -OCH3 is 1. The van der Waals surface area contributed by atoms with Crippen molar-refractivity contribution in [1.29, 1.82) is 0 Å². The lowest BCUT2D eigenvalue weighted by molar-refractivity contribution is -0.114. The molecule has 0 spiro atoms. The van der Waals surface area contributed by atoms with Gasteiger partial charge in [0.2, 0.25) is 0 Å². The SMILES string of the molecule is CCC/C=C1\C(C(N)=O)=CC(OCC)=C(N2CCC(CO)(OC)CC2)N1c1ccccc1C. The highest BCUT2D eigenvalue weighted by molar-refractivity contribution is 5.99. The number of aryl methyl sites for hydroxylation is 1. The van der Waals surface area contributed by atoms with Gasteiger partial charge in [-0.25, -0.2) is 0 Å². The first-order chi connectivity index (χ1) is 15.9. The standard InChI is InChI=1S/C26H37N3O4/c1-5-7-11-22-20(24(27)31)17-23(33-6-2)25(29(22)21-12-9-8-10-19(21)3)28-15-13-26(18-30,32-4)14-16-28/h8-12,17,30H,5-7,13-16,18H2,1-4H3,(H2,27,31)/b22-11+. The van der Waals surface area contributed by atoms with Crippen LogP contribution >= 0.6 is 0 Å². The van der Waals surface area contributed by atoms with Crippen molar-refractivity contribution in [2.75, 3.05) is 38.3 Å². The predicted molar refractivity (Wildman–Crippen MR) is 130 cm³/mol. The second-order valence-corrected chi connectivity index (χ2v) is 8.58. The molecule has 0 atom stereocenters.